The minimum atomic E-state index is -3.49. The molecule has 25 heavy (non-hydrogen) atoms. The maximum atomic E-state index is 12.0. The lowest BCUT2D eigenvalue weighted by Crippen LogP contribution is -2.40. The van der Waals surface area contributed by atoms with Gasteiger partial charge in [-0.25, -0.2) is 13.8 Å². The predicted octanol–water partition coefficient (Wildman–Crippen LogP) is 1.64. The number of nitrogens with one attached hydrogen (secondary N) is 1. The Morgan fingerprint density at radius 2 is 1.68 bits per heavy atom. The highest BCUT2D eigenvalue weighted by molar-refractivity contribution is 7.88. The van der Waals surface area contributed by atoms with Crippen LogP contribution in [-0.2, 0) is 21.2 Å². The first-order chi connectivity index (χ1) is 11.9. The van der Waals surface area contributed by atoms with E-state index in [0.29, 0.717) is 6.42 Å². The van der Waals surface area contributed by atoms with E-state index in [1.165, 1.54) is 6.21 Å². The second-order valence-electron chi connectivity index (χ2n) is 5.54. The lowest BCUT2D eigenvalue weighted by molar-refractivity contribution is -0.121. The molecule has 0 heterocycles. The van der Waals surface area contributed by atoms with E-state index < -0.39 is 15.9 Å². The highest BCUT2D eigenvalue weighted by Crippen LogP contribution is 2.04. The average Bonchev–Trinajstić information content (AvgIpc) is 2.59. The molecule has 0 aliphatic carbocycles. The van der Waals surface area contributed by atoms with Crippen molar-refractivity contribution in [1.29, 1.82) is 0 Å². The number of amides is 1. The lowest BCUT2D eigenvalue weighted by Gasteiger charge is -2.18. The number of nitrogens with zero attached hydrogens (tertiary/aromatic N) is 2. The molecule has 1 N–H and O–H groups in total. The van der Waals surface area contributed by atoms with Crippen LogP contribution in [0.4, 0.5) is 0 Å². The molecule has 1 amide bonds. The molecule has 6 nitrogen and oxygen atoms in total. The van der Waals surface area contributed by atoms with Crippen molar-refractivity contribution in [2.75, 3.05) is 19.3 Å². The molecular weight excluding hydrogens is 338 g/mol. The zero-order valence-electron chi connectivity index (χ0n) is 14.0. The Morgan fingerprint density at radius 1 is 1.08 bits per heavy atom. The third-order valence-electron chi connectivity index (χ3n) is 3.48. The zero-order chi connectivity index (χ0) is 18.1. The summed E-state index contributed by atoms with van der Waals surface area (Å²) >= 11 is 0. The van der Waals surface area contributed by atoms with Crippen LogP contribution in [0.1, 0.15) is 11.1 Å². The van der Waals surface area contributed by atoms with Gasteiger partial charge in [-0.05, 0) is 17.5 Å². The van der Waals surface area contributed by atoms with Crippen LogP contribution in [0.25, 0.3) is 0 Å². The van der Waals surface area contributed by atoms with Crippen LogP contribution in [-0.4, -0.2) is 44.2 Å². The van der Waals surface area contributed by atoms with Crippen molar-refractivity contribution < 1.29 is 13.2 Å². The van der Waals surface area contributed by atoms with E-state index in [9.17, 15) is 13.2 Å². The maximum absolute atomic E-state index is 12.0. The molecule has 0 radical (unpaired) electrons. The standard InChI is InChI=1S/C18H21N3O3S/c1-25(23,24)21(13-12-16-8-4-2-5-9-16)15-18(22)20-19-14-17-10-6-3-7-11-17/h2-11,14H,12-13,15H2,1H3,(H,20,22). The first kappa shape index (κ1) is 18.8. The van der Waals surface area contributed by atoms with Crippen LogP contribution in [0.15, 0.2) is 65.8 Å². The lowest BCUT2D eigenvalue weighted by atomic mass is 10.1. The number of carbonyl (C=O) groups excluding carboxylic acids is 1. The van der Waals surface area contributed by atoms with Gasteiger partial charge in [0.05, 0.1) is 19.0 Å². The monoisotopic (exact) mass is 359 g/mol. The molecule has 0 aromatic heterocycles. The maximum Gasteiger partial charge on any atom is 0.255 e. The summed E-state index contributed by atoms with van der Waals surface area (Å²) in [4.78, 5) is 12.0. The number of hydrazone groups is 1. The predicted molar refractivity (Wildman–Crippen MR) is 98.7 cm³/mol. The first-order valence-corrected chi connectivity index (χ1v) is 9.66. The summed E-state index contributed by atoms with van der Waals surface area (Å²) in [6, 6.07) is 18.8. The molecule has 0 unspecified atom stereocenters. The molecule has 2 rings (SSSR count). The van der Waals surface area contributed by atoms with Gasteiger partial charge < -0.3 is 0 Å². The summed E-state index contributed by atoms with van der Waals surface area (Å²) < 4.78 is 24.9. The zero-order valence-corrected chi connectivity index (χ0v) is 14.8. The Kier molecular flexibility index (Phi) is 6.85. The fourth-order valence-electron chi connectivity index (χ4n) is 2.17. The number of hydrogen-bond donors (Lipinski definition) is 1. The van der Waals surface area contributed by atoms with Crippen molar-refractivity contribution in [3.63, 3.8) is 0 Å². The van der Waals surface area contributed by atoms with Gasteiger partial charge in [0.15, 0.2) is 0 Å². The number of hydrogen-bond acceptors (Lipinski definition) is 4. The minimum absolute atomic E-state index is 0.235. The Balaban J connectivity index is 1.90. The van der Waals surface area contributed by atoms with Gasteiger partial charge in [-0.2, -0.15) is 9.41 Å². The smallest absolute Gasteiger partial charge is 0.255 e. The van der Waals surface area contributed by atoms with Gasteiger partial charge in [-0.1, -0.05) is 60.7 Å². The van der Waals surface area contributed by atoms with E-state index in [1.807, 2.05) is 60.7 Å². The summed E-state index contributed by atoms with van der Waals surface area (Å²) in [5, 5.41) is 3.85. The Hall–Kier alpha value is -2.51. The van der Waals surface area contributed by atoms with E-state index in [1.54, 1.807) is 0 Å². The van der Waals surface area contributed by atoms with Crippen molar-refractivity contribution in [3.8, 4) is 0 Å². The molecule has 0 saturated heterocycles. The minimum Gasteiger partial charge on any atom is -0.272 e. The number of rotatable bonds is 8. The highest BCUT2D eigenvalue weighted by atomic mass is 32.2. The second kappa shape index (κ2) is 9.10. The molecule has 0 saturated carbocycles. The van der Waals surface area contributed by atoms with E-state index in [2.05, 4.69) is 10.5 Å². The van der Waals surface area contributed by atoms with E-state index in [0.717, 1.165) is 21.7 Å². The van der Waals surface area contributed by atoms with Crippen molar-refractivity contribution in [3.05, 3.63) is 71.8 Å². The molecule has 132 valence electrons. The van der Waals surface area contributed by atoms with E-state index in [-0.39, 0.29) is 13.1 Å². The van der Waals surface area contributed by atoms with Crippen molar-refractivity contribution in [2.45, 2.75) is 6.42 Å². The molecule has 0 fully saturated rings. The third kappa shape index (κ3) is 6.86. The molecular formula is C18H21N3O3S. The molecule has 0 spiro atoms. The molecule has 0 aliphatic rings. The normalized spacial score (nSPS) is 11.8. The van der Waals surface area contributed by atoms with Crippen LogP contribution in [0.3, 0.4) is 0 Å². The summed E-state index contributed by atoms with van der Waals surface area (Å²) in [7, 11) is -3.49. The van der Waals surface area contributed by atoms with Gasteiger partial charge in [-0.3, -0.25) is 4.79 Å². The van der Waals surface area contributed by atoms with Crippen molar-refractivity contribution in [2.24, 2.45) is 5.10 Å². The van der Waals surface area contributed by atoms with Crippen LogP contribution >= 0.6 is 0 Å². The second-order valence-corrected chi connectivity index (χ2v) is 7.52. The van der Waals surface area contributed by atoms with Gasteiger partial charge in [0, 0.05) is 6.54 Å². The molecule has 2 aromatic rings. The van der Waals surface area contributed by atoms with Gasteiger partial charge >= 0.3 is 0 Å². The van der Waals surface area contributed by atoms with Gasteiger partial charge in [0.25, 0.3) is 5.91 Å². The Morgan fingerprint density at radius 3 is 2.28 bits per heavy atom. The molecule has 0 atom stereocenters. The fraction of sp³-hybridized carbons (Fsp3) is 0.222. The summed E-state index contributed by atoms with van der Waals surface area (Å²) in [5.41, 5.74) is 4.21. The van der Waals surface area contributed by atoms with Crippen LogP contribution < -0.4 is 5.43 Å². The van der Waals surface area contributed by atoms with Crippen LogP contribution in [0.5, 0.6) is 0 Å². The highest BCUT2D eigenvalue weighted by Gasteiger charge is 2.19. The van der Waals surface area contributed by atoms with Gasteiger partial charge in [0.1, 0.15) is 0 Å². The number of carbonyl (C=O) groups is 1. The first-order valence-electron chi connectivity index (χ1n) is 7.81. The van der Waals surface area contributed by atoms with E-state index >= 15 is 0 Å². The van der Waals surface area contributed by atoms with Gasteiger partial charge in [0.2, 0.25) is 10.0 Å². The van der Waals surface area contributed by atoms with Gasteiger partial charge in [-0.15, -0.1) is 0 Å². The SMILES string of the molecule is CS(=O)(=O)N(CCc1ccccc1)CC(=O)NN=Cc1ccccc1. The summed E-state index contributed by atoms with van der Waals surface area (Å²) in [6.07, 6.45) is 3.14. The quantitative estimate of drug-likeness (QED) is 0.575. The van der Waals surface area contributed by atoms with Crippen molar-refractivity contribution in [1.82, 2.24) is 9.73 Å². The van der Waals surface area contributed by atoms with Crippen LogP contribution in [0.2, 0.25) is 0 Å². The summed E-state index contributed by atoms with van der Waals surface area (Å²) in [6.45, 7) is -0.0313. The summed E-state index contributed by atoms with van der Waals surface area (Å²) in [5.74, 6) is -0.481. The molecule has 2 aromatic carbocycles. The van der Waals surface area contributed by atoms with Crippen LogP contribution in [0, 0.1) is 0 Å². The molecule has 0 aliphatic heterocycles. The number of sulfonamides is 1. The fourth-order valence-corrected chi connectivity index (χ4v) is 2.95. The average molecular weight is 359 g/mol. The Labute approximate surface area is 148 Å². The molecule has 7 heteroatoms. The van der Waals surface area contributed by atoms with E-state index in [4.69, 9.17) is 0 Å². The Bertz CT molecular complexity index is 806. The number of benzene rings is 2. The third-order valence-corrected chi connectivity index (χ3v) is 4.73. The van der Waals surface area contributed by atoms with Crippen molar-refractivity contribution >= 4 is 22.1 Å². The largest absolute Gasteiger partial charge is 0.272 e. The topological polar surface area (TPSA) is 78.8 Å². The molecule has 0 bridgehead atoms.